The molecular formula is C29H22N2O4S. The minimum absolute atomic E-state index is 0.198. The van der Waals surface area contributed by atoms with Crippen molar-refractivity contribution in [3.63, 3.8) is 0 Å². The predicted octanol–water partition coefficient (Wildman–Crippen LogP) is 6.15. The Morgan fingerprint density at radius 2 is 1.53 bits per heavy atom. The van der Waals surface area contributed by atoms with E-state index in [-0.39, 0.29) is 11.4 Å². The van der Waals surface area contributed by atoms with Gasteiger partial charge in [0.05, 0.1) is 5.69 Å². The summed E-state index contributed by atoms with van der Waals surface area (Å²) in [6.07, 6.45) is 0. The summed E-state index contributed by atoms with van der Waals surface area (Å²) in [5.41, 5.74) is 4.09. The first kappa shape index (κ1) is 22.1. The molecule has 6 rings (SSSR count). The van der Waals surface area contributed by atoms with Gasteiger partial charge in [0.2, 0.25) is 0 Å². The van der Waals surface area contributed by atoms with Crippen LogP contribution in [0.4, 0.5) is 11.4 Å². The molecule has 36 heavy (non-hydrogen) atoms. The zero-order chi connectivity index (χ0) is 24.9. The van der Waals surface area contributed by atoms with Gasteiger partial charge in [0.1, 0.15) is 11.2 Å². The minimum Gasteiger partial charge on any atom is -0.456 e. The van der Waals surface area contributed by atoms with E-state index in [0.29, 0.717) is 33.7 Å². The lowest BCUT2D eigenvalue weighted by atomic mass is 9.95. The van der Waals surface area contributed by atoms with Crippen molar-refractivity contribution in [2.75, 3.05) is 16.2 Å². The second-order valence-corrected chi connectivity index (χ2v) is 10.3. The molecule has 7 heteroatoms. The maximum absolute atomic E-state index is 13.8. The van der Waals surface area contributed by atoms with E-state index in [1.54, 1.807) is 31.2 Å². The van der Waals surface area contributed by atoms with Crippen molar-refractivity contribution in [2.24, 2.45) is 0 Å². The van der Waals surface area contributed by atoms with Crippen LogP contribution in [0.25, 0.3) is 27.5 Å². The molecule has 0 atom stereocenters. The van der Waals surface area contributed by atoms with Crippen molar-refractivity contribution in [3.05, 3.63) is 113 Å². The monoisotopic (exact) mass is 494 g/mol. The highest BCUT2D eigenvalue weighted by Gasteiger charge is 2.40. The van der Waals surface area contributed by atoms with Crippen molar-refractivity contribution < 1.29 is 17.6 Å². The Morgan fingerprint density at radius 1 is 0.833 bits per heavy atom. The minimum atomic E-state index is -4.13. The molecule has 1 aliphatic heterocycles. The first-order valence-corrected chi connectivity index (χ1v) is 13.1. The second kappa shape index (κ2) is 8.39. The van der Waals surface area contributed by atoms with Crippen molar-refractivity contribution in [3.8, 4) is 0 Å². The van der Waals surface area contributed by atoms with Crippen LogP contribution in [0.3, 0.4) is 0 Å². The van der Waals surface area contributed by atoms with E-state index < -0.39 is 15.9 Å². The molecule has 1 aromatic heterocycles. The summed E-state index contributed by atoms with van der Waals surface area (Å²) < 4.78 is 34.9. The second-order valence-electron chi connectivity index (χ2n) is 8.52. The van der Waals surface area contributed by atoms with E-state index in [2.05, 4.69) is 5.32 Å². The van der Waals surface area contributed by atoms with E-state index in [9.17, 15) is 13.2 Å². The van der Waals surface area contributed by atoms with Crippen molar-refractivity contribution >= 4 is 54.8 Å². The largest absolute Gasteiger partial charge is 0.456 e. The van der Waals surface area contributed by atoms with Crippen molar-refractivity contribution in [2.45, 2.75) is 6.92 Å². The molecule has 4 aromatic carbocycles. The molecule has 0 aliphatic carbocycles. The molecule has 0 bridgehead atoms. The van der Waals surface area contributed by atoms with Crippen LogP contribution in [0.2, 0.25) is 0 Å². The Kier molecular flexibility index (Phi) is 5.16. The summed E-state index contributed by atoms with van der Waals surface area (Å²) in [6, 6.07) is 29.4. The van der Waals surface area contributed by atoms with Crippen LogP contribution in [0.5, 0.6) is 0 Å². The van der Waals surface area contributed by atoms with Crippen LogP contribution in [0.1, 0.15) is 18.1 Å². The van der Waals surface area contributed by atoms with Gasteiger partial charge in [0, 0.05) is 40.2 Å². The standard InChI is InChI=1S/C29H22N2O4S/c1-2-31-24-14-8-6-13-23(24)27(19-10-4-3-5-11-19)28(36(31,33)34)29(32)30-20-16-17-22-21-12-7-9-15-25(21)35-26(22)18-20/h3-18H,2H2,1H3,(H,30,32). The highest BCUT2D eigenvalue weighted by Crippen LogP contribution is 2.43. The highest BCUT2D eigenvalue weighted by atomic mass is 32.2. The number of hydrogen-bond donors (Lipinski definition) is 1. The topological polar surface area (TPSA) is 79.6 Å². The number of benzene rings is 4. The molecule has 1 aliphatic rings. The Hall–Kier alpha value is -4.36. The Morgan fingerprint density at radius 3 is 2.33 bits per heavy atom. The highest BCUT2D eigenvalue weighted by molar-refractivity contribution is 7.97. The van der Waals surface area contributed by atoms with Crippen LogP contribution < -0.4 is 9.62 Å². The van der Waals surface area contributed by atoms with Gasteiger partial charge in [-0.25, -0.2) is 8.42 Å². The summed E-state index contributed by atoms with van der Waals surface area (Å²) in [6.45, 7) is 1.95. The summed E-state index contributed by atoms with van der Waals surface area (Å²) in [4.78, 5) is 13.5. The average molecular weight is 495 g/mol. The van der Waals surface area contributed by atoms with E-state index in [1.165, 1.54) is 4.31 Å². The molecule has 0 saturated carbocycles. The third-order valence-corrected chi connectivity index (χ3v) is 8.35. The predicted molar refractivity (Wildman–Crippen MR) is 143 cm³/mol. The molecule has 1 amide bonds. The van der Waals surface area contributed by atoms with Crippen LogP contribution in [0, 0.1) is 0 Å². The molecule has 0 radical (unpaired) electrons. The van der Waals surface area contributed by atoms with Crippen LogP contribution in [0.15, 0.2) is 106 Å². The van der Waals surface area contributed by atoms with E-state index >= 15 is 0 Å². The van der Waals surface area contributed by atoms with Gasteiger partial charge in [-0.2, -0.15) is 0 Å². The molecule has 178 valence electrons. The van der Waals surface area contributed by atoms with Crippen molar-refractivity contribution in [1.82, 2.24) is 0 Å². The molecule has 0 unspecified atom stereocenters. The normalized spacial score (nSPS) is 14.8. The zero-order valence-corrected chi connectivity index (χ0v) is 20.2. The van der Waals surface area contributed by atoms with Crippen LogP contribution in [-0.2, 0) is 14.8 Å². The SMILES string of the molecule is CCN1c2ccccc2C(c2ccccc2)=C(C(=O)Nc2ccc3c(c2)oc2ccccc23)S1(=O)=O. The fourth-order valence-corrected chi connectivity index (χ4v) is 6.60. The number of para-hydroxylation sites is 2. The van der Waals surface area contributed by atoms with Gasteiger partial charge < -0.3 is 9.73 Å². The van der Waals surface area contributed by atoms with Crippen molar-refractivity contribution in [1.29, 1.82) is 0 Å². The lowest BCUT2D eigenvalue weighted by Crippen LogP contribution is -2.39. The number of rotatable bonds is 4. The summed E-state index contributed by atoms with van der Waals surface area (Å²) >= 11 is 0. The Balaban J connectivity index is 1.52. The third-order valence-electron chi connectivity index (χ3n) is 6.41. The maximum Gasteiger partial charge on any atom is 0.270 e. The summed E-state index contributed by atoms with van der Waals surface area (Å²) in [5, 5.41) is 4.71. The van der Waals surface area contributed by atoms with Gasteiger partial charge in [-0.3, -0.25) is 9.10 Å². The molecule has 6 nitrogen and oxygen atoms in total. The Labute approximate surface area is 208 Å². The lowest BCUT2D eigenvalue weighted by Gasteiger charge is -2.32. The number of fused-ring (bicyclic) bond motifs is 4. The molecular weight excluding hydrogens is 472 g/mol. The fraction of sp³-hybridized carbons (Fsp3) is 0.0690. The van der Waals surface area contributed by atoms with Gasteiger partial charge in [0.25, 0.3) is 15.9 Å². The van der Waals surface area contributed by atoms with E-state index in [1.807, 2.05) is 72.8 Å². The fourth-order valence-electron chi connectivity index (χ4n) is 4.85. The number of furan rings is 1. The van der Waals surface area contributed by atoms with Crippen LogP contribution in [-0.4, -0.2) is 20.9 Å². The number of hydrogen-bond acceptors (Lipinski definition) is 4. The summed E-state index contributed by atoms with van der Waals surface area (Å²) in [7, 11) is -4.13. The third kappa shape index (κ3) is 3.39. The zero-order valence-electron chi connectivity index (χ0n) is 19.4. The lowest BCUT2D eigenvalue weighted by molar-refractivity contribution is -0.112. The van der Waals surface area contributed by atoms with Gasteiger partial charge in [0.15, 0.2) is 4.91 Å². The summed E-state index contributed by atoms with van der Waals surface area (Å²) in [5.74, 6) is -0.697. The van der Waals surface area contributed by atoms with Gasteiger partial charge in [-0.1, -0.05) is 66.7 Å². The van der Waals surface area contributed by atoms with Crippen LogP contribution >= 0.6 is 0 Å². The number of sulfonamides is 1. The number of nitrogens with zero attached hydrogens (tertiary/aromatic N) is 1. The molecule has 1 N–H and O–H groups in total. The smallest absolute Gasteiger partial charge is 0.270 e. The van der Waals surface area contributed by atoms with E-state index in [4.69, 9.17) is 4.42 Å². The first-order chi connectivity index (χ1) is 17.5. The number of nitrogens with one attached hydrogen (secondary N) is 1. The molecule has 5 aromatic rings. The van der Waals surface area contributed by atoms with Gasteiger partial charge in [-0.15, -0.1) is 0 Å². The number of carbonyl (C=O) groups is 1. The number of amides is 1. The number of carbonyl (C=O) groups excluding carboxylic acids is 1. The molecule has 0 saturated heterocycles. The Bertz CT molecular complexity index is 1790. The molecule has 0 fully saturated rings. The first-order valence-electron chi connectivity index (χ1n) is 11.6. The van der Waals surface area contributed by atoms with E-state index in [0.717, 1.165) is 16.4 Å². The maximum atomic E-state index is 13.8. The average Bonchev–Trinajstić information content (AvgIpc) is 3.26. The number of anilines is 2. The van der Waals surface area contributed by atoms with Gasteiger partial charge >= 0.3 is 0 Å². The molecule has 2 heterocycles. The quantitative estimate of drug-likeness (QED) is 0.325. The molecule has 0 spiro atoms. The van der Waals surface area contributed by atoms with Gasteiger partial charge in [-0.05, 0) is 36.8 Å².